The first-order valence-corrected chi connectivity index (χ1v) is 6.25. The second-order valence-corrected chi connectivity index (χ2v) is 5.89. The van der Waals surface area contributed by atoms with Crippen LogP contribution in [-0.4, -0.2) is 28.7 Å². The molecule has 0 rings (SSSR count). The maximum Gasteiger partial charge on any atom is 0.265 e. The molecule has 5 heteroatoms. The van der Waals surface area contributed by atoms with Crippen molar-refractivity contribution in [2.75, 3.05) is 0 Å². The topological polar surface area (TPSA) is 37.4 Å². The molecule has 0 saturated heterocycles. The lowest BCUT2D eigenvalue weighted by atomic mass is 9.92. The van der Waals surface area contributed by atoms with Crippen molar-refractivity contribution in [3.63, 3.8) is 0 Å². The Morgan fingerprint density at radius 1 is 1.21 bits per heavy atom. The Labute approximate surface area is 113 Å². The number of carbonyl (C=O) groups is 2. The molecule has 19 heavy (non-hydrogen) atoms. The van der Waals surface area contributed by atoms with Gasteiger partial charge in [-0.05, 0) is 13.3 Å². The Balaban J connectivity index is 5.72. The first-order valence-electron chi connectivity index (χ1n) is 6.25. The number of hydrogen-bond donors (Lipinski definition) is 0. The van der Waals surface area contributed by atoms with E-state index < -0.39 is 29.2 Å². The molecule has 1 unspecified atom stereocenters. The van der Waals surface area contributed by atoms with Crippen LogP contribution < -0.4 is 0 Å². The van der Waals surface area contributed by atoms with Gasteiger partial charge in [0.05, 0.1) is 0 Å². The maximum atomic E-state index is 13.6. The van der Waals surface area contributed by atoms with Crippen molar-refractivity contribution >= 4 is 11.8 Å². The van der Waals surface area contributed by atoms with Crippen LogP contribution in [0.3, 0.4) is 0 Å². The van der Waals surface area contributed by atoms with Gasteiger partial charge < -0.3 is 0 Å². The molecular weight excluding hydrogens is 252 g/mol. The molecular formula is C14H23F2NO2. The molecule has 0 radical (unpaired) electrons. The maximum absolute atomic E-state index is 13.6. The van der Waals surface area contributed by atoms with Crippen LogP contribution in [-0.2, 0) is 9.59 Å². The van der Waals surface area contributed by atoms with E-state index >= 15 is 0 Å². The summed E-state index contributed by atoms with van der Waals surface area (Å²) in [5.74, 6) is -4.51. The molecule has 0 saturated carbocycles. The minimum absolute atomic E-state index is 0.00958. The molecule has 2 amide bonds. The Bertz CT molecular complexity index is 378. The van der Waals surface area contributed by atoms with Crippen LogP contribution in [0, 0.1) is 5.41 Å². The van der Waals surface area contributed by atoms with Gasteiger partial charge in [0.2, 0.25) is 5.91 Å². The lowest BCUT2D eigenvalue weighted by Gasteiger charge is -2.36. The zero-order valence-corrected chi connectivity index (χ0v) is 12.5. The fourth-order valence-corrected chi connectivity index (χ4v) is 1.71. The van der Waals surface area contributed by atoms with E-state index in [1.54, 1.807) is 20.8 Å². The molecule has 0 bridgehead atoms. The molecule has 3 nitrogen and oxygen atoms in total. The van der Waals surface area contributed by atoms with Gasteiger partial charge in [-0.15, -0.1) is 0 Å². The highest BCUT2D eigenvalue weighted by atomic mass is 19.3. The standard InChI is InChI=1S/C14H23F2NO2/c1-8-10(14(7,15)16)17(11(18)9(2)3)12(19)13(4,5)6/h10H,2,8H2,1,3-7H3. The summed E-state index contributed by atoms with van der Waals surface area (Å²) >= 11 is 0. The average Bonchev–Trinajstić information content (AvgIpc) is 2.20. The number of hydrogen-bond acceptors (Lipinski definition) is 2. The van der Waals surface area contributed by atoms with Crippen LogP contribution >= 0.6 is 0 Å². The van der Waals surface area contributed by atoms with Crippen molar-refractivity contribution in [2.45, 2.75) is 59.9 Å². The molecule has 1 atom stereocenters. The van der Waals surface area contributed by atoms with Crippen LogP contribution in [0.5, 0.6) is 0 Å². The fraction of sp³-hybridized carbons (Fsp3) is 0.714. The molecule has 0 aromatic carbocycles. The molecule has 0 fully saturated rings. The summed E-state index contributed by atoms with van der Waals surface area (Å²) in [4.78, 5) is 25.0. The van der Waals surface area contributed by atoms with Crippen LogP contribution in [0.25, 0.3) is 0 Å². The highest BCUT2D eigenvalue weighted by Gasteiger charge is 2.45. The first kappa shape index (κ1) is 17.7. The zero-order chi connectivity index (χ0) is 15.6. The summed E-state index contributed by atoms with van der Waals surface area (Å²) in [6.45, 7) is 11.9. The third kappa shape index (κ3) is 4.40. The van der Waals surface area contributed by atoms with E-state index in [0.717, 1.165) is 6.92 Å². The average molecular weight is 275 g/mol. The molecule has 0 aliphatic heterocycles. The highest BCUT2D eigenvalue weighted by Crippen LogP contribution is 2.30. The van der Waals surface area contributed by atoms with E-state index in [4.69, 9.17) is 0 Å². The van der Waals surface area contributed by atoms with Crippen LogP contribution in [0.4, 0.5) is 8.78 Å². The lowest BCUT2D eigenvalue weighted by molar-refractivity contribution is -0.161. The lowest BCUT2D eigenvalue weighted by Crippen LogP contribution is -2.55. The molecule has 0 N–H and O–H groups in total. The smallest absolute Gasteiger partial charge is 0.265 e. The second kappa shape index (κ2) is 5.80. The largest absolute Gasteiger partial charge is 0.274 e. The van der Waals surface area contributed by atoms with Crippen molar-refractivity contribution in [1.82, 2.24) is 4.90 Å². The van der Waals surface area contributed by atoms with Gasteiger partial charge in [0.1, 0.15) is 6.04 Å². The Morgan fingerprint density at radius 3 is 1.84 bits per heavy atom. The van der Waals surface area contributed by atoms with E-state index in [1.165, 1.54) is 13.8 Å². The number of imide groups is 1. The van der Waals surface area contributed by atoms with Gasteiger partial charge in [0.25, 0.3) is 11.8 Å². The Kier molecular flexibility index (Phi) is 5.42. The van der Waals surface area contributed by atoms with Gasteiger partial charge >= 0.3 is 0 Å². The molecule has 110 valence electrons. The van der Waals surface area contributed by atoms with Crippen molar-refractivity contribution < 1.29 is 18.4 Å². The number of amides is 2. The molecule has 0 aliphatic carbocycles. The monoisotopic (exact) mass is 275 g/mol. The van der Waals surface area contributed by atoms with Gasteiger partial charge in [-0.3, -0.25) is 14.5 Å². The van der Waals surface area contributed by atoms with Crippen molar-refractivity contribution in [1.29, 1.82) is 0 Å². The summed E-state index contributed by atoms with van der Waals surface area (Å²) in [6.07, 6.45) is -0.00958. The van der Waals surface area contributed by atoms with Crippen molar-refractivity contribution in [2.24, 2.45) is 5.41 Å². The third-order valence-electron chi connectivity index (χ3n) is 2.73. The van der Waals surface area contributed by atoms with Crippen LogP contribution in [0.2, 0.25) is 0 Å². The van der Waals surface area contributed by atoms with Gasteiger partial charge in [0.15, 0.2) is 0 Å². The van der Waals surface area contributed by atoms with Crippen molar-refractivity contribution in [3.8, 4) is 0 Å². The van der Waals surface area contributed by atoms with Gasteiger partial charge in [0, 0.05) is 17.9 Å². The second-order valence-electron chi connectivity index (χ2n) is 5.89. The zero-order valence-electron chi connectivity index (χ0n) is 12.5. The molecule has 0 aromatic heterocycles. The number of rotatable bonds is 4. The molecule has 0 aromatic rings. The van der Waals surface area contributed by atoms with Crippen molar-refractivity contribution in [3.05, 3.63) is 12.2 Å². The van der Waals surface area contributed by atoms with E-state index in [0.29, 0.717) is 4.90 Å². The predicted octanol–water partition coefficient (Wildman–Crippen LogP) is 3.40. The van der Waals surface area contributed by atoms with E-state index in [-0.39, 0.29) is 12.0 Å². The van der Waals surface area contributed by atoms with E-state index in [2.05, 4.69) is 6.58 Å². The summed E-state index contributed by atoms with van der Waals surface area (Å²) in [5.41, 5.74) is -0.843. The quantitative estimate of drug-likeness (QED) is 0.737. The number of carbonyl (C=O) groups excluding carboxylic acids is 2. The Hall–Kier alpha value is -1.26. The minimum atomic E-state index is -3.15. The molecule has 0 aliphatic rings. The summed E-state index contributed by atoms with van der Waals surface area (Å²) in [5, 5.41) is 0. The van der Waals surface area contributed by atoms with Crippen LogP contribution in [0.1, 0.15) is 48.0 Å². The molecule has 0 heterocycles. The molecule has 0 spiro atoms. The SMILES string of the molecule is C=C(C)C(=O)N(C(=O)C(C)(C)C)C(CC)C(C)(F)F. The number of halogens is 2. The Morgan fingerprint density at radius 2 is 1.63 bits per heavy atom. The number of nitrogens with zero attached hydrogens (tertiary/aromatic N) is 1. The highest BCUT2D eigenvalue weighted by molar-refractivity contribution is 6.05. The normalized spacial score (nSPS) is 13.9. The van der Waals surface area contributed by atoms with E-state index in [9.17, 15) is 18.4 Å². The minimum Gasteiger partial charge on any atom is -0.274 e. The first-order chi connectivity index (χ1) is 8.34. The predicted molar refractivity (Wildman–Crippen MR) is 70.8 cm³/mol. The van der Waals surface area contributed by atoms with Gasteiger partial charge in [-0.1, -0.05) is 34.3 Å². The number of alkyl halides is 2. The van der Waals surface area contributed by atoms with Gasteiger partial charge in [-0.2, -0.15) is 0 Å². The summed E-state index contributed by atoms with van der Waals surface area (Å²) in [6, 6.07) is -1.46. The summed E-state index contributed by atoms with van der Waals surface area (Å²) < 4.78 is 27.3. The summed E-state index contributed by atoms with van der Waals surface area (Å²) in [7, 11) is 0. The third-order valence-corrected chi connectivity index (χ3v) is 2.73. The van der Waals surface area contributed by atoms with Gasteiger partial charge in [-0.25, -0.2) is 8.78 Å². The van der Waals surface area contributed by atoms with E-state index in [1.807, 2.05) is 0 Å². The fourth-order valence-electron chi connectivity index (χ4n) is 1.71. The van der Waals surface area contributed by atoms with Crippen LogP contribution in [0.15, 0.2) is 12.2 Å².